The minimum atomic E-state index is -0.116. The third-order valence-electron chi connectivity index (χ3n) is 3.89. The molecule has 0 bridgehead atoms. The zero-order valence-electron chi connectivity index (χ0n) is 11.9. The number of rotatable bonds is 5. The second-order valence-corrected chi connectivity index (χ2v) is 5.62. The van der Waals surface area contributed by atoms with Crippen LogP contribution >= 0.6 is 0 Å². The monoisotopic (exact) mass is 263 g/mol. The second-order valence-electron chi connectivity index (χ2n) is 5.62. The van der Waals surface area contributed by atoms with Crippen LogP contribution in [0.2, 0.25) is 0 Å². The molecule has 3 nitrogen and oxygen atoms in total. The summed E-state index contributed by atoms with van der Waals surface area (Å²) in [4.78, 5) is 0. The van der Waals surface area contributed by atoms with Gasteiger partial charge in [-0.2, -0.15) is 0 Å². The van der Waals surface area contributed by atoms with Crippen molar-refractivity contribution in [3.8, 4) is 5.75 Å². The summed E-state index contributed by atoms with van der Waals surface area (Å²) in [7, 11) is 1.68. The van der Waals surface area contributed by atoms with Gasteiger partial charge in [-0.05, 0) is 30.5 Å². The SMILES string of the molecule is COc1cccc(COCC2(N)CCCCCC2)c1. The van der Waals surface area contributed by atoms with Crippen molar-refractivity contribution in [3.05, 3.63) is 29.8 Å². The molecule has 1 aliphatic rings. The van der Waals surface area contributed by atoms with Crippen molar-refractivity contribution in [3.63, 3.8) is 0 Å². The van der Waals surface area contributed by atoms with Gasteiger partial charge in [-0.1, -0.05) is 37.8 Å². The lowest BCUT2D eigenvalue weighted by atomic mass is 9.92. The van der Waals surface area contributed by atoms with Crippen LogP contribution < -0.4 is 10.5 Å². The molecule has 106 valence electrons. The maximum atomic E-state index is 6.43. The number of methoxy groups -OCH3 is 1. The maximum Gasteiger partial charge on any atom is 0.119 e. The van der Waals surface area contributed by atoms with Crippen LogP contribution in [0.1, 0.15) is 44.1 Å². The fourth-order valence-corrected chi connectivity index (χ4v) is 2.71. The third-order valence-corrected chi connectivity index (χ3v) is 3.89. The van der Waals surface area contributed by atoms with E-state index in [1.807, 2.05) is 18.2 Å². The Kier molecular flexibility index (Phi) is 5.23. The lowest BCUT2D eigenvalue weighted by molar-refractivity contribution is 0.0666. The summed E-state index contributed by atoms with van der Waals surface area (Å²) in [5.74, 6) is 0.873. The van der Waals surface area contributed by atoms with Crippen molar-refractivity contribution in [1.29, 1.82) is 0 Å². The van der Waals surface area contributed by atoms with Gasteiger partial charge in [-0.25, -0.2) is 0 Å². The molecule has 0 aromatic heterocycles. The molecule has 19 heavy (non-hydrogen) atoms. The zero-order chi connectivity index (χ0) is 13.6. The summed E-state index contributed by atoms with van der Waals surface area (Å²) < 4.78 is 11.0. The van der Waals surface area contributed by atoms with Crippen LogP contribution in [0, 0.1) is 0 Å². The van der Waals surface area contributed by atoms with Crippen molar-refractivity contribution in [2.75, 3.05) is 13.7 Å². The fraction of sp³-hybridized carbons (Fsp3) is 0.625. The van der Waals surface area contributed by atoms with Gasteiger partial charge >= 0.3 is 0 Å². The van der Waals surface area contributed by atoms with E-state index in [1.165, 1.54) is 25.7 Å². The molecule has 1 saturated carbocycles. The molecule has 0 amide bonds. The molecule has 0 atom stereocenters. The third kappa shape index (κ3) is 4.51. The molecule has 0 aliphatic heterocycles. The molecule has 3 heteroatoms. The molecule has 2 rings (SSSR count). The quantitative estimate of drug-likeness (QED) is 0.829. The van der Waals surface area contributed by atoms with E-state index in [2.05, 4.69) is 6.07 Å². The number of hydrogen-bond acceptors (Lipinski definition) is 3. The largest absolute Gasteiger partial charge is 0.497 e. The highest BCUT2D eigenvalue weighted by Crippen LogP contribution is 2.25. The Bertz CT molecular complexity index is 384. The first-order valence-corrected chi connectivity index (χ1v) is 7.21. The summed E-state index contributed by atoms with van der Waals surface area (Å²) in [6, 6.07) is 8.00. The standard InChI is InChI=1S/C16H25NO2/c1-18-15-8-6-7-14(11-15)12-19-13-16(17)9-4-2-3-5-10-16/h6-8,11H,2-5,9-10,12-13,17H2,1H3. The molecule has 1 fully saturated rings. The molecule has 1 aromatic carbocycles. The van der Waals surface area contributed by atoms with Crippen molar-refractivity contribution >= 4 is 0 Å². The van der Waals surface area contributed by atoms with Gasteiger partial charge in [-0.15, -0.1) is 0 Å². The van der Waals surface area contributed by atoms with Crippen molar-refractivity contribution < 1.29 is 9.47 Å². The molecule has 2 N–H and O–H groups in total. The van der Waals surface area contributed by atoms with Gasteiger partial charge in [0.25, 0.3) is 0 Å². The molecule has 0 unspecified atom stereocenters. The van der Waals surface area contributed by atoms with E-state index in [-0.39, 0.29) is 5.54 Å². The predicted molar refractivity (Wildman–Crippen MR) is 77.3 cm³/mol. The van der Waals surface area contributed by atoms with Crippen molar-refractivity contribution in [2.24, 2.45) is 5.73 Å². The van der Waals surface area contributed by atoms with Crippen LogP contribution in [0.5, 0.6) is 5.75 Å². The summed E-state index contributed by atoms with van der Waals surface area (Å²) in [6.45, 7) is 1.26. The normalized spacial score (nSPS) is 18.8. The first kappa shape index (κ1) is 14.4. The van der Waals surface area contributed by atoms with Crippen molar-refractivity contribution in [1.82, 2.24) is 0 Å². The van der Waals surface area contributed by atoms with Gasteiger partial charge in [0.1, 0.15) is 5.75 Å². The molecule has 0 saturated heterocycles. The Labute approximate surface area is 116 Å². The Hall–Kier alpha value is -1.06. The summed E-state index contributed by atoms with van der Waals surface area (Å²) in [6.07, 6.45) is 7.28. The van der Waals surface area contributed by atoms with E-state index < -0.39 is 0 Å². The molecule has 0 heterocycles. The molecule has 1 aromatic rings. The van der Waals surface area contributed by atoms with Gasteiger partial charge in [0.05, 0.1) is 20.3 Å². The maximum absolute atomic E-state index is 6.43. The number of nitrogens with two attached hydrogens (primary N) is 1. The predicted octanol–water partition coefficient (Wildman–Crippen LogP) is 3.26. The summed E-state index contributed by atoms with van der Waals surface area (Å²) in [5.41, 5.74) is 7.45. The summed E-state index contributed by atoms with van der Waals surface area (Å²) >= 11 is 0. The Morgan fingerprint density at radius 3 is 2.58 bits per heavy atom. The molecular formula is C16H25NO2. The van der Waals surface area contributed by atoms with E-state index >= 15 is 0 Å². The highest BCUT2D eigenvalue weighted by atomic mass is 16.5. The van der Waals surface area contributed by atoms with Gasteiger partial charge in [-0.3, -0.25) is 0 Å². The highest BCUT2D eigenvalue weighted by Gasteiger charge is 2.26. The van der Waals surface area contributed by atoms with Crippen LogP contribution in [-0.4, -0.2) is 19.3 Å². The van der Waals surface area contributed by atoms with Gasteiger partial charge in [0.2, 0.25) is 0 Å². The second kappa shape index (κ2) is 6.92. The van der Waals surface area contributed by atoms with E-state index in [9.17, 15) is 0 Å². The van der Waals surface area contributed by atoms with Crippen LogP contribution in [0.4, 0.5) is 0 Å². The van der Waals surface area contributed by atoms with E-state index in [0.717, 1.165) is 24.2 Å². The first-order valence-electron chi connectivity index (χ1n) is 7.21. The van der Waals surface area contributed by atoms with E-state index in [1.54, 1.807) is 7.11 Å². The minimum absolute atomic E-state index is 0.116. The highest BCUT2D eigenvalue weighted by molar-refractivity contribution is 5.27. The smallest absolute Gasteiger partial charge is 0.119 e. The topological polar surface area (TPSA) is 44.5 Å². The van der Waals surface area contributed by atoms with Crippen LogP contribution in [0.25, 0.3) is 0 Å². The fourth-order valence-electron chi connectivity index (χ4n) is 2.71. The van der Waals surface area contributed by atoms with Gasteiger partial charge in [0.15, 0.2) is 0 Å². The minimum Gasteiger partial charge on any atom is -0.497 e. The Morgan fingerprint density at radius 1 is 1.16 bits per heavy atom. The van der Waals surface area contributed by atoms with E-state index in [4.69, 9.17) is 15.2 Å². The zero-order valence-corrected chi connectivity index (χ0v) is 11.9. The number of benzene rings is 1. The van der Waals surface area contributed by atoms with Gasteiger partial charge in [0, 0.05) is 5.54 Å². The average Bonchev–Trinajstić information content (AvgIpc) is 2.64. The molecule has 1 aliphatic carbocycles. The molecule has 0 radical (unpaired) electrons. The van der Waals surface area contributed by atoms with Crippen LogP contribution in [0.3, 0.4) is 0 Å². The van der Waals surface area contributed by atoms with Gasteiger partial charge < -0.3 is 15.2 Å². The summed E-state index contributed by atoms with van der Waals surface area (Å²) in [5, 5.41) is 0. The van der Waals surface area contributed by atoms with Crippen molar-refractivity contribution in [2.45, 2.75) is 50.7 Å². The lowest BCUT2D eigenvalue weighted by Crippen LogP contribution is -2.43. The Morgan fingerprint density at radius 2 is 1.89 bits per heavy atom. The Balaban J connectivity index is 1.81. The molecular weight excluding hydrogens is 238 g/mol. The number of ether oxygens (including phenoxy) is 2. The van der Waals surface area contributed by atoms with Crippen LogP contribution in [-0.2, 0) is 11.3 Å². The molecule has 0 spiro atoms. The number of hydrogen-bond donors (Lipinski definition) is 1. The lowest BCUT2D eigenvalue weighted by Gasteiger charge is -2.27. The average molecular weight is 263 g/mol. The first-order chi connectivity index (χ1) is 9.22. The van der Waals surface area contributed by atoms with Crippen LogP contribution in [0.15, 0.2) is 24.3 Å². The van der Waals surface area contributed by atoms with E-state index in [0.29, 0.717) is 13.2 Å².